The number of nitrogens with zero attached hydrogens (tertiary/aromatic N) is 1. The molecule has 5 heteroatoms. The van der Waals surface area contributed by atoms with Crippen LogP contribution in [0.5, 0.6) is 0 Å². The van der Waals surface area contributed by atoms with Crippen LogP contribution in [0, 0.1) is 0 Å². The van der Waals surface area contributed by atoms with E-state index in [0.717, 1.165) is 5.69 Å². The fourth-order valence-electron chi connectivity index (χ4n) is 1.86. The predicted octanol–water partition coefficient (Wildman–Crippen LogP) is 1.69. The van der Waals surface area contributed by atoms with E-state index in [0.29, 0.717) is 24.5 Å². The first-order chi connectivity index (χ1) is 9.06. The Morgan fingerprint density at radius 2 is 2.05 bits per heavy atom. The number of anilines is 1. The molecule has 1 rings (SSSR count). The number of benzene rings is 1. The van der Waals surface area contributed by atoms with E-state index >= 15 is 0 Å². The Labute approximate surface area is 120 Å². The normalized spacial score (nSPS) is 11.7. The Hall–Kier alpha value is -1.62. The van der Waals surface area contributed by atoms with Crippen LogP contribution >= 0.6 is 12.2 Å². The molecule has 0 aliphatic carbocycles. The van der Waals surface area contributed by atoms with Crippen LogP contribution in [0.1, 0.15) is 20.3 Å². The zero-order valence-electron chi connectivity index (χ0n) is 11.4. The van der Waals surface area contributed by atoms with Crippen LogP contribution in [0.2, 0.25) is 0 Å². The lowest BCUT2D eigenvalue weighted by atomic mass is 10.2. The van der Waals surface area contributed by atoms with E-state index in [4.69, 9.17) is 18.0 Å². The molecule has 19 heavy (non-hydrogen) atoms. The number of hydrogen-bond donors (Lipinski definition) is 2. The number of rotatable bonds is 7. The summed E-state index contributed by atoms with van der Waals surface area (Å²) in [5.74, 6) is 0.00860. The molecule has 0 radical (unpaired) electrons. The molecule has 1 aromatic rings. The molecule has 0 heterocycles. The minimum atomic E-state index is -0.253. The van der Waals surface area contributed by atoms with Gasteiger partial charge in [0.2, 0.25) is 5.91 Å². The van der Waals surface area contributed by atoms with Crippen molar-refractivity contribution in [3.63, 3.8) is 0 Å². The number of thiocarbonyl (C=S) groups is 1. The number of likely N-dealkylation sites (N-methyl/N-ethyl adjacent to an activating group) is 1. The van der Waals surface area contributed by atoms with Crippen LogP contribution in [-0.4, -0.2) is 30.0 Å². The van der Waals surface area contributed by atoms with Crippen molar-refractivity contribution in [3.8, 4) is 0 Å². The standard InChI is InChI=1S/C14H21N3OS/c1-3-16-14(18)11(2)17(10-9-13(15)19)12-7-5-4-6-8-12/h4-8,11H,3,9-10H2,1-2H3,(H2,15,19)(H,16,18). The maximum absolute atomic E-state index is 12.0. The molecule has 1 atom stereocenters. The fraction of sp³-hybridized carbons (Fsp3) is 0.429. The second kappa shape index (κ2) is 7.74. The topological polar surface area (TPSA) is 58.4 Å². The van der Waals surface area contributed by atoms with E-state index in [1.165, 1.54) is 0 Å². The maximum Gasteiger partial charge on any atom is 0.242 e. The van der Waals surface area contributed by atoms with Gasteiger partial charge in [-0.1, -0.05) is 30.4 Å². The van der Waals surface area contributed by atoms with Gasteiger partial charge in [0.25, 0.3) is 0 Å². The van der Waals surface area contributed by atoms with E-state index in [2.05, 4.69) is 5.32 Å². The summed E-state index contributed by atoms with van der Waals surface area (Å²) in [6.45, 7) is 5.06. The van der Waals surface area contributed by atoms with E-state index in [9.17, 15) is 4.79 Å². The average Bonchev–Trinajstić information content (AvgIpc) is 2.40. The first-order valence-electron chi connectivity index (χ1n) is 6.44. The molecule has 0 spiro atoms. The lowest BCUT2D eigenvalue weighted by molar-refractivity contribution is -0.121. The van der Waals surface area contributed by atoms with Crippen molar-refractivity contribution < 1.29 is 4.79 Å². The van der Waals surface area contributed by atoms with Crippen LogP contribution < -0.4 is 16.0 Å². The summed E-state index contributed by atoms with van der Waals surface area (Å²) >= 11 is 4.92. The third kappa shape index (κ3) is 4.87. The van der Waals surface area contributed by atoms with Crippen molar-refractivity contribution in [2.75, 3.05) is 18.0 Å². The Kier molecular flexibility index (Phi) is 6.29. The lowest BCUT2D eigenvalue weighted by Crippen LogP contribution is -2.46. The van der Waals surface area contributed by atoms with E-state index in [-0.39, 0.29) is 11.9 Å². The highest BCUT2D eigenvalue weighted by Crippen LogP contribution is 2.17. The highest BCUT2D eigenvalue weighted by Gasteiger charge is 2.20. The van der Waals surface area contributed by atoms with Crippen molar-refractivity contribution in [2.24, 2.45) is 5.73 Å². The first kappa shape index (κ1) is 15.4. The Bertz CT molecular complexity index is 422. The quantitative estimate of drug-likeness (QED) is 0.746. The molecule has 3 N–H and O–H groups in total. The first-order valence-corrected chi connectivity index (χ1v) is 6.84. The van der Waals surface area contributed by atoms with Gasteiger partial charge in [-0.25, -0.2) is 0 Å². The second-order valence-corrected chi connectivity index (χ2v) is 4.84. The predicted molar refractivity (Wildman–Crippen MR) is 83.3 cm³/mol. The highest BCUT2D eigenvalue weighted by molar-refractivity contribution is 7.80. The zero-order valence-corrected chi connectivity index (χ0v) is 12.2. The molecular weight excluding hydrogens is 258 g/mol. The Balaban J connectivity index is 2.85. The maximum atomic E-state index is 12.0. The second-order valence-electron chi connectivity index (χ2n) is 4.32. The average molecular weight is 279 g/mol. The van der Waals surface area contributed by atoms with Gasteiger partial charge >= 0.3 is 0 Å². The van der Waals surface area contributed by atoms with Crippen molar-refractivity contribution in [1.29, 1.82) is 0 Å². The molecule has 1 unspecified atom stereocenters. The molecule has 1 amide bonds. The minimum Gasteiger partial charge on any atom is -0.393 e. The molecule has 0 aromatic heterocycles. The third-order valence-corrected chi connectivity index (χ3v) is 3.09. The van der Waals surface area contributed by atoms with Gasteiger partial charge in [0, 0.05) is 25.2 Å². The van der Waals surface area contributed by atoms with E-state index in [1.54, 1.807) is 0 Å². The van der Waals surface area contributed by atoms with Crippen LogP contribution in [0.4, 0.5) is 5.69 Å². The molecule has 104 valence electrons. The van der Waals surface area contributed by atoms with Gasteiger partial charge in [-0.2, -0.15) is 0 Å². The Morgan fingerprint density at radius 1 is 1.42 bits per heavy atom. The molecular formula is C14H21N3OS. The molecule has 0 aliphatic heterocycles. The zero-order chi connectivity index (χ0) is 14.3. The largest absolute Gasteiger partial charge is 0.393 e. The molecule has 0 saturated heterocycles. The molecule has 0 bridgehead atoms. The van der Waals surface area contributed by atoms with Crippen molar-refractivity contribution in [2.45, 2.75) is 26.3 Å². The summed E-state index contributed by atoms with van der Waals surface area (Å²) in [6, 6.07) is 9.56. The number of nitrogens with two attached hydrogens (primary N) is 1. The summed E-state index contributed by atoms with van der Waals surface area (Å²) in [6.07, 6.45) is 0.591. The monoisotopic (exact) mass is 279 g/mol. The smallest absolute Gasteiger partial charge is 0.242 e. The summed E-state index contributed by atoms with van der Waals surface area (Å²) in [4.78, 5) is 14.5. The van der Waals surface area contributed by atoms with Gasteiger partial charge in [-0.15, -0.1) is 0 Å². The SMILES string of the molecule is CCNC(=O)C(C)N(CCC(N)=S)c1ccccc1. The minimum absolute atomic E-state index is 0.00860. The number of hydrogen-bond acceptors (Lipinski definition) is 3. The van der Waals surface area contributed by atoms with Gasteiger partial charge in [0.15, 0.2) is 0 Å². The van der Waals surface area contributed by atoms with Gasteiger partial charge < -0.3 is 16.0 Å². The van der Waals surface area contributed by atoms with E-state index in [1.807, 2.05) is 49.1 Å². The summed E-state index contributed by atoms with van der Waals surface area (Å²) in [5.41, 5.74) is 6.56. The summed E-state index contributed by atoms with van der Waals surface area (Å²) in [5, 5.41) is 2.84. The lowest BCUT2D eigenvalue weighted by Gasteiger charge is -2.30. The van der Waals surface area contributed by atoms with Gasteiger partial charge in [0.1, 0.15) is 6.04 Å². The third-order valence-electron chi connectivity index (χ3n) is 2.88. The van der Waals surface area contributed by atoms with Crippen molar-refractivity contribution >= 4 is 28.8 Å². The number of amides is 1. The van der Waals surface area contributed by atoms with Crippen LogP contribution in [-0.2, 0) is 4.79 Å². The van der Waals surface area contributed by atoms with Crippen molar-refractivity contribution in [3.05, 3.63) is 30.3 Å². The van der Waals surface area contributed by atoms with Crippen LogP contribution in [0.15, 0.2) is 30.3 Å². The van der Waals surface area contributed by atoms with Crippen LogP contribution in [0.3, 0.4) is 0 Å². The van der Waals surface area contributed by atoms with Gasteiger partial charge in [0.05, 0.1) is 4.99 Å². The molecule has 0 saturated carbocycles. The fourth-order valence-corrected chi connectivity index (χ4v) is 1.95. The van der Waals surface area contributed by atoms with Gasteiger partial charge in [-0.05, 0) is 26.0 Å². The summed E-state index contributed by atoms with van der Waals surface area (Å²) in [7, 11) is 0. The molecule has 0 aliphatic rings. The summed E-state index contributed by atoms with van der Waals surface area (Å²) < 4.78 is 0. The highest BCUT2D eigenvalue weighted by atomic mass is 32.1. The molecule has 1 aromatic carbocycles. The van der Waals surface area contributed by atoms with E-state index < -0.39 is 0 Å². The number of para-hydroxylation sites is 1. The number of carbonyl (C=O) groups excluding carboxylic acids is 1. The number of carbonyl (C=O) groups is 1. The molecule has 0 fully saturated rings. The molecule has 4 nitrogen and oxygen atoms in total. The van der Waals surface area contributed by atoms with Crippen LogP contribution in [0.25, 0.3) is 0 Å². The van der Waals surface area contributed by atoms with Crippen molar-refractivity contribution in [1.82, 2.24) is 5.32 Å². The Morgan fingerprint density at radius 3 is 2.58 bits per heavy atom. The van der Waals surface area contributed by atoms with Gasteiger partial charge in [-0.3, -0.25) is 4.79 Å². The number of nitrogens with one attached hydrogen (secondary N) is 1.